The average Bonchev–Trinajstić information content (AvgIpc) is 2.82. The number of nitriles is 1. The molecule has 6 heteroatoms. The minimum Gasteiger partial charge on any atom is -0.493 e. The van der Waals surface area contributed by atoms with Gasteiger partial charge in [-0.15, -0.1) is 0 Å². The Balaban J connectivity index is 1.64. The molecule has 3 rings (SSSR count). The van der Waals surface area contributed by atoms with Gasteiger partial charge in [-0.2, -0.15) is 5.26 Å². The summed E-state index contributed by atoms with van der Waals surface area (Å²) in [5.74, 6) is 2.23. The van der Waals surface area contributed by atoms with Gasteiger partial charge in [-0.1, -0.05) is 24.3 Å². The Bertz CT molecular complexity index is 1090. The van der Waals surface area contributed by atoms with Crippen LogP contribution in [0.5, 0.6) is 23.0 Å². The van der Waals surface area contributed by atoms with Crippen LogP contribution in [-0.2, 0) is 4.79 Å². The fourth-order valence-electron chi connectivity index (χ4n) is 2.79. The molecule has 0 spiro atoms. The van der Waals surface area contributed by atoms with Gasteiger partial charge < -0.3 is 19.1 Å². The molecular weight excluding hydrogens is 392 g/mol. The number of nitrogens with zero attached hydrogens (tertiary/aromatic N) is 2. The standard InChI is InChI=1S/C25H22N2O4/c1-27(20-10-12-22(13-11-20)31-21-6-4-3-5-7-21)25(28)15-9-19-8-14-23(30-17-16-26)24(18-19)29-2/h3-15,18H,17H2,1-2H3. The third kappa shape index (κ3) is 5.87. The van der Waals surface area contributed by atoms with Crippen molar-refractivity contribution in [1.82, 2.24) is 0 Å². The van der Waals surface area contributed by atoms with E-state index in [1.54, 1.807) is 36.2 Å². The number of para-hydroxylation sites is 1. The van der Waals surface area contributed by atoms with E-state index >= 15 is 0 Å². The number of hydrogen-bond donors (Lipinski definition) is 0. The summed E-state index contributed by atoms with van der Waals surface area (Å²) in [7, 11) is 3.23. The summed E-state index contributed by atoms with van der Waals surface area (Å²) in [5, 5.41) is 8.64. The van der Waals surface area contributed by atoms with Crippen molar-refractivity contribution in [2.45, 2.75) is 0 Å². The highest BCUT2D eigenvalue weighted by Gasteiger charge is 2.09. The van der Waals surface area contributed by atoms with Crippen LogP contribution < -0.4 is 19.1 Å². The van der Waals surface area contributed by atoms with Gasteiger partial charge in [0.1, 0.15) is 17.6 Å². The minimum atomic E-state index is -0.180. The van der Waals surface area contributed by atoms with E-state index in [9.17, 15) is 4.79 Å². The van der Waals surface area contributed by atoms with Crippen molar-refractivity contribution in [3.05, 3.63) is 84.4 Å². The molecule has 0 saturated heterocycles. The van der Waals surface area contributed by atoms with E-state index in [1.165, 1.54) is 13.2 Å². The van der Waals surface area contributed by atoms with E-state index in [2.05, 4.69) is 0 Å². The van der Waals surface area contributed by atoms with Crippen LogP contribution in [0.15, 0.2) is 78.9 Å². The molecule has 0 unspecified atom stereocenters. The normalized spacial score (nSPS) is 10.4. The van der Waals surface area contributed by atoms with E-state index < -0.39 is 0 Å². The number of carbonyl (C=O) groups excluding carboxylic acids is 1. The predicted octanol–water partition coefficient (Wildman–Crippen LogP) is 5.07. The first-order valence-corrected chi connectivity index (χ1v) is 9.57. The zero-order chi connectivity index (χ0) is 22.1. The molecule has 0 aliphatic heterocycles. The van der Waals surface area contributed by atoms with Gasteiger partial charge in [0.15, 0.2) is 18.1 Å². The molecule has 0 aromatic heterocycles. The van der Waals surface area contributed by atoms with Crippen LogP contribution in [0.25, 0.3) is 6.08 Å². The van der Waals surface area contributed by atoms with E-state index in [0.29, 0.717) is 17.2 Å². The first-order valence-electron chi connectivity index (χ1n) is 9.57. The highest BCUT2D eigenvalue weighted by molar-refractivity contribution is 6.03. The lowest BCUT2D eigenvalue weighted by Gasteiger charge is -2.16. The van der Waals surface area contributed by atoms with Crippen LogP contribution in [-0.4, -0.2) is 26.7 Å². The maximum atomic E-state index is 12.6. The molecular formula is C25H22N2O4. The van der Waals surface area contributed by atoms with Crippen molar-refractivity contribution in [3.63, 3.8) is 0 Å². The molecule has 0 atom stereocenters. The van der Waals surface area contributed by atoms with Crippen LogP contribution >= 0.6 is 0 Å². The lowest BCUT2D eigenvalue weighted by Crippen LogP contribution is -2.23. The lowest BCUT2D eigenvalue weighted by molar-refractivity contribution is -0.113. The van der Waals surface area contributed by atoms with E-state index in [1.807, 2.05) is 60.7 Å². The van der Waals surface area contributed by atoms with Crippen molar-refractivity contribution in [3.8, 4) is 29.1 Å². The summed E-state index contributed by atoms with van der Waals surface area (Å²) in [6, 6.07) is 23.9. The van der Waals surface area contributed by atoms with Gasteiger partial charge in [0, 0.05) is 18.8 Å². The third-order valence-corrected chi connectivity index (χ3v) is 4.43. The number of hydrogen-bond acceptors (Lipinski definition) is 5. The van der Waals surface area contributed by atoms with Crippen molar-refractivity contribution >= 4 is 17.7 Å². The second-order valence-corrected chi connectivity index (χ2v) is 6.50. The number of likely N-dealkylation sites (N-methyl/N-ethyl adjacent to an activating group) is 1. The first kappa shape index (κ1) is 21.5. The summed E-state index contributed by atoms with van der Waals surface area (Å²) in [6.45, 7) is -0.0655. The van der Waals surface area contributed by atoms with Crippen molar-refractivity contribution in [1.29, 1.82) is 5.26 Å². The molecule has 0 aliphatic carbocycles. The smallest absolute Gasteiger partial charge is 0.250 e. The quantitative estimate of drug-likeness (QED) is 0.482. The maximum absolute atomic E-state index is 12.6. The molecule has 0 N–H and O–H groups in total. The molecule has 31 heavy (non-hydrogen) atoms. The Labute approximate surface area is 181 Å². The molecule has 0 fully saturated rings. The van der Waals surface area contributed by atoms with Crippen LogP contribution in [0.1, 0.15) is 5.56 Å². The molecule has 0 aliphatic rings. The van der Waals surface area contributed by atoms with E-state index in [4.69, 9.17) is 19.5 Å². The van der Waals surface area contributed by atoms with Gasteiger partial charge in [-0.25, -0.2) is 0 Å². The Morgan fingerprint density at radius 1 is 1.00 bits per heavy atom. The monoisotopic (exact) mass is 414 g/mol. The molecule has 0 bridgehead atoms. The zero-order valence-electron chi connectivity index (χ0n) is 17.3. The highest BCUT2D eigenvalue weighted by Crippen LogP contribution is 2.29. The van der Waals surface area contributed by atoms with Gasteiger partial charge in [-0.05, 0) is 60.2 Å². The third-order valence-electron chi connectivity index (χ3n) is 4.43. The fourth-order valence-corrected chi connectivity index (χ4v) is 2.79. The number of benzene rings is 3. The highest BCUT2D eigenvalue weighted by atomic mass is 16.5. The zero-order valence-corrected chi connectivity index (χ0v) is 17.3. The van der Waals surface area contributed by atoms with E-state index in [-0.39, 0.29) is 12.5 Å². The Morgan fingerprint density at radius 3 is 2.39 bits per heavy atom. The number of rotatable bonds is 8. The summed E-state index contributed by atoms with van der Waals surface area (Å²) >= 11 is 0. The van der Waals surface area contributed by atoms with Gasteiger partial charge in [-0.3, -0.25) is 4.79 Å². The topological polar surface area (TPSA) is 71.8 Å². The molecule has 0 heterocycles. The Hall–Kier alpha value is -4.24. The number of ether oxygens (including phenoxy) is 3. The van der Waals surface area contributed by atoms with Crippen LogP contribution in [0, 0.1) is 11.3 Å². The van der Waals surface area contributed by atoms with Crippen LogP contribution in [0.3, 0.4) is 0 Å². The molecule has 3 aromatic rings. The number of amides is 1. The van der Waals surface area contributed by atoms with Crippen molar-refractivity contribution in [2.75, 3.05) is 25.7 Å². The van der Waals surface area contributed by atoms with Gasteiger partial charge in [0.05, 0.1) is 7.11 Å². The van der Waals surface area contributed by atoms with Crippen LogP contribution in [0.4, 0.5) is 5.69 Å². The first-order chi connectivity index (χ1) is 15.1. The number of anilines is 1. The van der Waals surface area contributed by atoms with Crippen molar-refractivity contribution in [2.24, 2.45) is 0 Å². The molecule has 156 valence electrons. The molecule has 6 nitrogen and oxygen atoms in total. The molecule has 3 aromatic carbocycles. The molecule has 1 amide bonds. The lowest BCUT2D eigenvalue weighted by atomic mass is 10.2. The summed E-state index contributed by atoms with van der Waals surface area (Å²) in [6.07, 6.45) is 3.18. The average molecular weight is 414 g/mol. The van der Waals surface area contributed by atoms with Gasteiger partial charge >= 0.3 is 0 Å². The number of carbonyl (C=O) groups is 1. The Kier molecular flexibility index (Phi) is 7.28. The molecule has 0 radical (unpaired) electrons. The predicted molar refractivity (Wildman–Crippen MR) is 120 cm³/mol. The Morgan fingerprint density at radius 2 is 1.71 bits per heavy atom. The summed E-state index contributed by atoms with van der Waals surface area (Å²) in [4.78, 5) is 14.1. The SMILES string of the molecule is COc1cc(C=CC(=O)N(C)c2ccc(Oc3ccccc3)cc2)ccc1OCC#N. The molecule has 0 saturated carbocycles. The van der Waals surface area contributed by atoms with E-state index in [0.717, 1.165) is 17.0 Å². The van der Waals surface area contributed by atoms with Gasteiger partial charge in [0.25, 0.3) is 5.91 Å². The van der Waals surface area contributed by atoms with Crippen LogP contribution in [0.2, 0.25) is 0 Å². The van der Waals surface area contributed by atoms with Crippen molar-refractivity contribution < 1.29 is 19.0 Å². The second kappa shape index (κ2) is 10.5. The second-order valence-electron chi connectivity index (χ2n) is 6.50. The minimum absolute atomic E-state index is 0.0655. The number of methoxy groups -OCH3 is 1. The maximum Gasteiger partial charge on any atom is 0.250 e. The largest absolute Gasteiger partial charge is 0.493 e. The van der Waals surface area contributed by atoms with Gasteiger partial charge in [0.2, 0.25) is 0 Å². The summed E-state index contributed by atoms with van der Waals surface area (Å²) < 4.78 is 16.4. The summed E-state index contributed by atoms with van der Waals surface area (Å²) in [5.41, 5.74) is 1.52. The fraction of sp³-hybridized carbons (Fsp3) is 0.120.